The van der Waals surface area contributed by atoms with Gasteiger partial charge in [0.2, 0.25) is 5.91 Å². The Kier molecular flexibility index (Phi) is 5.01. The van der Waals surface area contributed by atoms with Gasteiger partial charge in [0.05, 0.1) is 16.8 Å². The summed E-state index contributed by atoms with van der Waals surface area (Å²) in [5.41, 5.74) is 8.91. The maximum Gasteiger partial charge on any atom is 0.250 e. The Balaban J connectivity index is 1.74. The van der Waals surface area contributed by atoms with E-state index in [1.54, 1.807) is 12.4 Å². The smallest absolute Gasteiger partial charge is 0.250 e. The van der Waals surface area contributed by atoms with Gasteiger partial charge in [-0.2, -0.15) is 0 Å². The van der Waals surface area contributed by atoms with Gasteiger partial charge in [0.1, 0.15) is 5.82 Å². The molecule has 0 saturated carbocycles. The number of halogens is 1. The number of para-hydroxylation sites is 1. The number of hydrogen-bond donors (Lipinski definition) is 2. The summed E-state index contributed by atoms with van der Waals surface area (Å²) in [6, 6.07) is 14.2. The number of aromatic nitrogens is 2. The summed E-state index contributed by atoms with van der Waals surface area (Å²) in [7, 11) is 0. The van der Waals surface area contributed by atoms with Gasteiger partial charge in [0.15, 0.2) is 0 Å². The van der Waals surface area contributed by atoms with Crippen molar-refractivity contribution in [1.29, 1.82) is 0 Å². The zero-order valence-electron chi connectivity index (χ0n) is 17.7. The molecule has 0 bridgehead atoms. The highest BCUT2D eigenvalue weighted by molar-refractivity contribution is 6.16. The first-order valence-corrected chi connectivity index (χ1v) is 10.6. The molecule has 0 saturated heterocycles. The highest BCUT2D eigenvalue weighted by Gasteiger charge is 2.31. The van der Waals surface area contributed by atoms with Gasteiger partial charge in [-0.25, -0.2) is 4.39 Å². The van der Waals surface area contributed by atoms with Gasteiger partial charge in [-0.1, -0.05) is 30.8 Å². The molecule has 1 aliphatic rings. The number of carbonyl (C=O) groups is 2. The zero-order chi connectivity index (χ0) is 23.1. The predicted molar refractivity (Wildman–Crippen MR) is 126 cm³/mol. The highest BCUT2D eigenvalue weighted by atomic mass is 19.1. The first-order valence-electron chi connectivity index (χ1n) is 10.6. The monoisotopic (exact) mass is 440 g/mol. The number of allylic oxidation sites excluding steroid dienone is 1. The number of H-pyrrole nitrogens is 1. The topological polar surface area (TPSA) is 92.1 Å². The second kappa shape index (κ2) is 8.02. The molecule has 0 fully saturated rings. The molecule has 0 radical (unpaired) electrons. The van der Waals surface area contributed by atoms with Crippen molar-refractivity contribution in [2.24, 2.45) is 5.73 Å². The minimum Gasteiger partial charge on any atom is -0.366 e. The summed E-state index contributed by atoms with van der Waals surface area (Å²) in [4.78, 5) is 33.8. The molecule has 6 nitrogen and oxygen atoms in total. The molecule has 0 aliphatic carbocycles. The Hall–Kier alpha value is -4.26. The van der Waals surface area contributed by atoms with Crippen LogP contribution < -0.4 is 5.73 Å². The van der Waals surface area contributed by atoms with Crippen molar-refractivity contribution in [2.75, 3.05) is 6.54 Å². The lowest BCUT2D eigenvalue weighted by Crippen LogP contribution is -2.33. The molecular formula is C26H21FN4O2. The Morgan fingerprint density at radius 3 is 2.73 bits per heavy atom. The first kappa shape index (κ1) is 20.6. The van der Waals surface area contributed by atoms with Gasteiger partial charge in [-0.05, 0) is 42.3 Å². The van der Waals surface area contributed by atoms with Crippen LogP contribution in [0.5, 0.6) is 0 Å². The molecule has 3 heterocycles. The Bertz CT molecular complexity index is 1460. The average molecular weight is 440 g/mol. The number of pyridine rings is 1. The molecule has 2 aromatic heterocycles. The number of fused-ring (bicyclic) bond motifs is 3. The maximum atomic E-state index is 15.7. The zero-order valence-corrected chi connectivity index (χ0v) is 17.7. The number of amides is 2. The largest absolute Gasteiger partial charge is 0.366 e. The summed E-state index contributed by atoms with van der Waals surface area (Å²) in [6.45, 7) is 3.86. The van der Waals surface area contributed by atoms with Crippen LogP contribution in [0.4, 0.5) is 4.39 Å². The maximum absolute atomic E-state index is 15.7. The number of aromatic amines is 1. The van der Waals surface area contributed by atoms with E-state index in [0.29, 0.717) is 28.6 Å². The molecule has 1 unspecified atom stereocenters. The number of nitrogens with zero attached hydrogens (tertiary/aromatic N) is 2. The van der Waals surface area contributed by atoms with Crippen molar-refractivity contribution in [1.82, 2.24) is 14.9 Å². The molecule has 0 spiro atoms. The van der Waals surface area contributed by atoms with E-state index in [4.69, 9.17) is 5.73 Å². The van der Waals surface area contributed by atoms with Crippen LogP contribution in [-0.2, 0) is 4.79 Å². The third kappa shape index (κ3) is 3.47. The van der Waals surface area contributed by atoms with Gasteiger partial charge in [0, 0.05) is 46.7 Å². The molecule has 2 amide bonds. The standard InChI is InChI=1S/C26H21FN4O2/c1-2-22(32)31-13-15(20-8-5-6-10-29-20)11-16(14-31)23-19(27)12-18(26(28)33)25-24(23)17-7-3-4-9-21(17)30-25/h2-10,12-13,16,30H,1,11,14H2,(H2,28,33). The summed E-state index contributed by atoms with van der Waals surface area (Å²) >= 11 is 0. The third-order valence-electron chi connectivity index (χ3n) is 6.09. The van der Waals surface area contributed by atoms with E-state index in [-0.39, 0.29) is 23.9 Å². The van der Waals surface area contributed by atoms with Gasteiger partial charge in [-0.3, -0.25) is 14.6 Å². The summed E-state index contributed by atoms with van der Waals surface area (Å²) in [6.07, 6.45) is 5.15. The number of hydrogen-bond acceptors (Lipinski definition) is 3. The van der Waals surface area contributed by atoms with Crippen LogP contribution in [0.1, 0.15) is 34.0 Å². The van der Waals surface area contributed by atoms with Gasteiger partial charge in [0.25, 0.3) is 5.91 Å². The van der Waals surface area contributed by atoms with Crippen LogP contribution in [0.2, 0.25) is 0 Å². The fourth-order valence-electron chi connectivity index (χ4n) is 4.66. The molecule has 164 valence electrons. The Labute approximate surface area is 189 Å². The fraction of sp³-hybridized carbons (Fsp3) is 0.115. The van der Waals surface area contributed by atoms with E-state index < -0.39 is 11.7 Å². The Morgan fingerprint density at radius 1 is 1.21 bits per heavy atom. The van der Waals surface area contributed by atoms with Crippen molar-refractivity contribution in [3.63, 3.8) is 0 Å². The molecule has 3 N–H and O–H groups in total. The summed E-state index contributed by atoms with van der Waals surface area (Å²) in [5.74, 6) is -1.89. The van der Waals surface area contributed by atoms with Crippen LogP contribution in [0.3, 0.4) is 0 Å². The first-order chi connectivity index (χ1) is 16.0. The number of carbonyl (C=O) groups excluding carboxylic acids is 2. The molecule has 33 heavy (non-hydrogen) atoms. The minimum absolute atomic E-state index is 0.0952. The van der Waals surface area contributed by atoms with Crippen LogP contribution >= 0.6 is 0 Å². The van der Waals surface area contributed by atoms with Gasteiger partial charge in [-0.15, -0.1) is 0 Å². The molecule has 1 atom stereocenters. The van der Waals surface area contributed by atoms with Crippen LogP contribution in [0, 0.1) is 5.82 Å². The SMILES string of the molecule is C=CC(=O)N1C=C(c2ccccn2)CC(c2c(F)cc(C(N)=O)c3[nH]c4ccccc4c23)C1. The number of nitrogens with one attached hydrogen (secondary N) is 1. The van der Waals surface area contributed by atoms with Crippen molar-refractivity contribution >= 4 is 39.2 Å². The fourth-order valence-corrected chi connectivity index (χ4v) is 4.66. The summed E-state index contributed by atoms with van der Waals surface area (Å²) in [5, 5.41) is 1.40. The number of benzene rings is 2. The van der Waals surface area contributed by atoms with Crippen LogP contribution in [-0.4, -0.2) is 33.2 Å². The van der Waals surface area contributed by atoms with E-state index >= 15 is 4.39 Å². The van der Waals surface area contributed by atoms with Crippen molar-refractivity contribution in [3.8, 4) is 0 Å². The van der Waals surface area contributed by atoms with Crippen molar-refractivity contribution in [2.45, 2.75) is 12.3 Å². The molecule has 1 aliphatic heterocycles. The third-order valence-corrected chi connectivity index (χ3v) is 6.09. The Morgan fingerprint density at radius 2 is 2.00 bits per heavy atom. The lowest BCUT2D eigenvalue weighted by Gasteiger charge is -2.31. The van der Waals surface area contributed by atoms with Crippen molar-refractivity contribution in [3.05, 3.63) is 96.2 Å². The molecule has 7 heteroatoms. The number of primary amides is 1. The van der Waals surface area contributed by atoms with Gasteiger partial charge >= 0.3 is 0 Å². The van der Waals surface area contributed by atoms with Crippen LogP contribution in [0.25, 0.3) is 27.4 Å². The molecular weight excluding hydrogens is 419 g/mol. The lowest BCUT2D eigenvalue weighted by molar-refractivity contribution is -0.123. The normalized spacial score (nSPS) is 16.1. The number of nitrogens with two attached hydrogens (primary N) is 1. The average Bonchev–Trinajstić information content (AvgIpc) is 3.22. The van der Waals surface area contributed by atoms with Crippen LogP contribution in [0.15, 0.2) is 73.6 Å². The second-order valence-electron chi connectivity index (χ2n) is 8.07. The minimum atomic E-state index is -0.710. The quantitative estimate of drug-likeness (QED) is 0.458. The second-order valence-corrected chi connectivity index (χ2v) is 8.07. The van der Waals surface area contributed by atoms with E-state index in [9.17, 15) is 9.59 Å². The van der Waals surface area contributed by atoms with E-state index in [0.717, 1.165) is 16.5 Å². The molecule has 5 rings (SSSR count). The van der Waals surface area contributed by atoms with E-state index in [2.05, 4.69) is 16.5 Å². The number of rotatable bonds is 4. The van der Waals surface area contributed by atoms with E-state index in [1.165, 1.54) is 17.0 Å². The highest BCUT2D eigenvalue weighted by Crippen LogP contribution is 2.41. The van der Waals surface area contributed by atoms with Gasteiger partial charge < -0.3 is 15.6 Å². The van der Waals surface area contributed by atoms with Crippen molar-refractivity contribution < 1.29 is 14.0 Å². The van der Waals surface area contributed by atoms with E-state index in [1.807, 2.05) is 42.5 Å². The lowest BCUT2D eigenvalue weighted by atomic mass is 9.84. The summed E-state index contributed by atoms with van der Waals surface area (Å²) < 4.78 is 15.7. The molecule has 4 aromatic rings. The predicted octanol–water partition coefficient (Wildman–Crippen LogP) is 4.50. The molecule has 2 aromatic carbocycles.